The third-order valence-electron chi connectivity index (χ3n) is 3.62. The zero-order valence-electron chi connectivity index (χ0n) is 13.2. The molecule has 6 heteroatoms. The van der Waals surface area contributed by atoms with Crippen molar-refractivity contribution < 1.29 is 14.3 Å². The van der Waals surface area contributed by atoms with Crippen LogP contribution in [0.4, 0.5) is 0 Å². The highest BCUT2D eigenvalue weighted by molar-refractivity contribution is 6.48. The van der Waals surface area contributed by atoms with Crippen LogP contribution in [0.5, 0.6) is 5.75 Å². The minimum Gasteiger partial charge on any atom is -0.497 e. The number of benzene rings is 1. The smallest absolute Gasteiger partial charge is 0.306 e. The van der Waals surface area contributed by atoms with Gasteiger partial charge >= 0.3 is 5.97 Å². The first-order chi connectivity index (χ1) is 10.1. The highest BCUT2D eigenvalue weighted by atomic mass is 35.5. The summed E-state index contributed by atoms with van der Waals surface area (Å²) in [5.41, 5.74) is 0.243. The highest BCUT2D eigenvalue weighted by Crippen LogP contribution is 2.44. The molecular formula is C16H21Cl3O3. The average Bonchev–Trinajstić information content (AvgIpc) is 2.46. The van der Waals surface area contributed by atoms with E-state index in [1.54, 1.807) is 31.4 Å². The molecule has 0 bridgehead atoms. The van der Waals surface area contributed by atoms with Crippen molar-refractivity contribution in [2.45, 2.75) is 36.4 Å². The fraction of sp³-hybridized carbons (Fsp3) is 0.562. The van der Waals surface area contributed by atoms with Gasteiger partial charge in [0, 0.05) is 11.8 Å². The molecule has 0 radical (unpaired) electrons. The van der Waals surface area contributed by atoms with E-state index in [4.69, 9.17) is 44.3 Å². The van der Waals surface area contributed by atoms with Gasteiger partial charge < -0.3 is 9.47 Å². The van der Waals surface area contributed by atoms with Crippen LogP contribution in [-0.2, 0) is 13.9 Å². The van der Waals surface area contributed by atoms with Gasteiger partial charge in [-0.05, 0) is 23.1 Å². The highest BCUT2D eigenvalue weighted by Gasteiger charge is 2.38. The lowest BCUT2D eigenvalue weighted by atomic mass is 9.82. The first kappa shape index (κ1) is 19.4. The van der Waals surface area contributed by atoms with Crippen molar-refractivity contribution in [2.75, 3.05) is 14.2 Å². The summed E-state index contributed by atoms with van der Waals surface area (Å²) in [4.78, 5) is 11.5. The molecule has 124 valence electrons. The number of carbonyl (C=O) groups is 1. The summed E-state index contributed by atoms with van der Waals surface area (Å²) < 4.78 is 8.66. The van der Waals surface area contributed by atoms with Gasteiger partial charge in [0.1, 0.15) is 10.1 Å². The van der Waals surface area contributed by atoms with Crippen LogP contribution in [0.1, 0.15) is 32.3 Å². The number of hydrogen-bond acceptors (Lipinski definition) is 3. The van der Waals surface area contributed by atoms with Crippen LogP contribution in [0, 0.1) is 5.41 Å². The summed E-state index contributed by atoms with van der Waals surface area (Å²) in [5.74, 6) is 0.413. The lowest BCUT2D eigenvalue weighted by molar-refractivity contribution is -0.142. The molecule has 0 aliphatic rings. The van der Waals surface area contributed by atoms with Crippen LogP contribution in [-0.4, -0.2) is 25.6 Å². The van der Waals surface area contributed by atoms with Crippen molar-refractivity contribution in [1.82, 2.24) is 0 Å². The maximum absolute atomic E-state index is 11.5. The van der Waals surface area contributed by atoms with Gasteiger partial charge in [-0.1, -0.05) is 49.2 Å². The van der Waals surface area contributed by atoms with E-state index < -0.39 is 15.1 Å². The van der Waals surface area contributed by atoms with Gasteiger partial charge in [-0.15, -0.1) is 11.6 Å². The number of halogens is 3. The Bertz CT molecular complexity index is 498. The lowest BCUT2D eigenvalue weighted by Crippen LogP contribution is -2.32. The normalized spacial score (nSPS) is 13.6. The topological polar surface area (TPSA) is 35.5 Å². The fourth-order valence-electron chi connectivity index (χ4n) is 2.01. The number of ether oxygens (including phenoxy) is 2. The molecule has 0 spiro atoms. The lowest BCUT2D eigenvalue weighted by Gasteiger charge is -2.33. The first-order valence-electron chi connectivity index (χ1n) is 6.85. The molecule has 0 fully saturated rings. The van der Waals surface area contributed by atoms with Crippen molar-refractivity contribution in [1.29, 1.82) is 0 Å². The largest absolute Gasteiger partial charge is 0.497 e. The first-order valence-corrected chi connectivity index (χ1v) is 8.05. The Morgan fingerprint density at radius 1 is 1.18 bits per heavy atom. The molecule has 1 atom stereocenters. The Kier molecular flexibility index (Phi) is 6.84. The molecule has 0 saturated heterocycles. The Morgan fingerprint density at radius 3 is 2.18 bits per heavy atom. The molecule has 1 unspecified atom stereocenters. The SMILES string of the molecule is COC(=O)CC(C)(C)C(Cl)CC(Cl)(Cl)c1ccc(OC)cc1. The minimum atomic E-state index is -1.15. The van der Waals surface area contributed by atoms with Crippen molar-refractivity contribution in [3.8, 4) is 5.75 Å². The molecule has 0 heterocycles. The number of carbonyl (C=O) groups excluding carboxylic acids is 1. The third kappa shape index (κ3) is 5.22. The summed E-state index contributed by atoms with van der Waals surface area (Å²) in [5, 5.41) is -0.399. The maximum atomic E-state index is 11.5. The fourth-order valence-corrected chi connectivity index (χ4v) is 3.04. The Balaban J connectivity index is 2.83. The monoisotopic (exact) mass is 366 g/mol. The average molecular weight is 368 g/mol. The van der Waals surface area contributed by atoms with Crippen LogP contribution in [0.2, 0.25) is 0 Å². The number of alkyl halides is 3. The van der Waals surface area contributed by atoms with Gasteiger partial charge in [0.25, 0.3) is 0 Å². The third-order valence-corrected chi connectivity index (χ3v) is 5.11. The number of hydrogen-bond donors (Lipinski definition) is 0. The molecule has 22 heavy (non-hydrogen) atoms. The second-order valence-electron chi connectivity index (χ2n) is 5.85. The predicted octanol–water partition coefficient (Wildman–Crippen LogP) is 4.91. The molecule has 0 amide bonds. The molecule has 1 aromatic rings. The molecule has 0 aliphatic heterocycles. The Labute approximate surface area is 146 Å². The van der Waals surface area contributed by atoms with Crippen molar-refractivity contribution in [3.63, 3.8) is 0 Å². The van der Waals surface area contributed by atoms with Gasteiger partial charge in [0.2, 0.25) is 0 Å². The number of methoxy groups -OCH3 is 2. The molecule has 0 saturated carbocycles. The van der Waals surface area contributed by atoms with E-state index in [-0.39, 0.29) is 12.4 Å². The van der Waals surface area contributed by atoms with E-state index in [1.807, 2.05) is 13.8 Å². The minimum absolute atomic E-state index is 0.199. The van der Waals surface area contributed by atoms with Crippen molar-refractivity contribution in [3.05, 3.63) is 29.8 Å². The van der Waals surface area contributed by atoms with Gasteiger partial charge in [0.15, 0.2) is 0 Å². The van der Waals surface area contributed by atoms with Gasteiger partial charge in [-0.2, -0.15) is 0 Å². The molecule has 0 N–H and O–H groups in total. The van der Waals surface area contributed by atoms with E-state index in [9.17, 15) is 4.79 Å². The standard InChI is InChI=1S/C16H21Cl3O3/c1-15(2,10-14(20)22-4)13(17)9-16(18,19)11-5-7-12(21-3)8-6-11/h5-8,13H,9-10H2,1-4H3. The second kappa shape index (κ2) is 7.76. The van der Waals surface area contributed by atoms with Crippen molar-refractivity contribution >= 4 is 40.8 Å². The van der Waals surface area contributed by atoms with Crippen molar-refractivity contribution in [2.24, 2.45) is 5.41 Å². The second-order valence-corrected chi connectivity index (χ2v) is 7.86. The van der Waals surface area contributed by atoms with Crippen LogP contribution in [0.3, 0.4) is 0 Å². The molecule has 1 rings (SSSR count). The van der Waals surface area contributed by atoms with Gasteiger partial charge in [0.05, 0.1) is 20.6 Å². The summed E-state index contributed by atoms with van der Waals surface area (Å²) in [6.45, 7) is 3.78. The Hall–Kier alpha value is -0.640. The van der Waals surface area contributed by atoms with E-state index in [2.05, 4.69) is 0 Å². The summed E-state index contributed by atoms with van der Waals surface area (Å²) in [7, 11) is 2.94. The van der Waals surface area contributed by atoms with Crippen LogP contribution >= 0.6 is 34.8 Å². The van der Waals surface area contributed by atoms with Crippen LogP contribution in [0.25, 0.3) is 0 Å². The zero-order chi connectivity index (χ0) is 17.0. The van der Waals surface area contributed by atoms with Crippen LogP contribution in [0.15, 0.2) is 24.3 Å². The summed E-state index contributed by atoms with van der Waals surface area (Å²) in [6.07, 6.45) is 0.498. The molecule has 3 nitrogen and oxygen atoms in total. The van der Waals surface area contributed by atoms with E-state index in [0.717, 1.165) is 11.3 Å². The maximum Gasteiger partial charge on any atom is 0.306 e. The molecule has 0 aliphatic carbocycles. The number of esters is 1. The molecular weight excluding hydrogens is 347 g/mol. The summed E-state index contributed by atoms with van der Waals surface area (Å²) >= 11 is 19.4. The molecule has 0 aromatic heterocycles. The van der Waals surface area contributed by atoms with E-state index >= 15 is 0 Å². The zero-order valence-corrected chi connectivity index (χ0v) is 15.4. The number of rotatable bonds is 7. The van der Waals surface area contributed by atoms with E-state index in [0.29, 0.717) is 6.42 Å². The summed E-state index contributed by atoms with van der Waals surface area (Å²) in [6, 6.07) is 7.18. The van der Waals surface area contributed by atoms with E-state index in [1.165, 1.54) is 7.11 Å². The van der Waals surface area contributed by atoms with Gasteiger partial charge in [-0.25, -0.2) is 0 Å². The molecule has 1 aromatic carbocycles. The Morgan fingerprint density at radius 2 is 1.73 bits per heavy atom. The quantitative estimate of drug-likeness (QED) is 0.507. The van der Waals surface area contributed by atoms with Gasteiger partial charge in [-0.3, -0.25) is 4.79 Å². The van der Waals surface area contributed by atoms with Crippen LogP contribution < -0.4 is 4.74 Å². The predicted molar refractivity (Wildman–Crippen MR) is 91.1 cm³/mol.